The summed E-state index contributed by atoms with van der Waals surface area (Å²) in [5, 5.41) is 9.07. The van der Waals surface area contributed by atoms with E-state index >= 15 is 0 Å². The Bertz CT molecular complexity index is 380. The van der Waals surface area contributed by atoms with E-state index in [9.17, 15) is 4.79 Å². The van der Waals surface area contributed by atoms with Crippen molar-refractivity contribution < 1.29 is 9.90 Å². The van der Waals surface area contributed by atoms with E-state index in [2.05, 4.69) is 12.1 Å². The minimum absolute atomic E-state index is 0.177. The van der Waals surface area contributed by atoms with Crippen LogP contribution in [0.4, 0.5) is 0 Å². The highest BCUT2D eigenvalue weighted by Crippen LogP contribution is 2.27. The van der Waals surface area contributed by atoms with Gasteiger partial charge in [0.25, 0.3) is 0 Å². The second-order valence-corrected chi connectivity index (χ2v) is 4.48. The van der Waals surface area contributed by atoms with Crippen LogP contribution in [0.2, 0.25) is 0 Å². The van der Waals surface area contributed by atoms with Gasteiger partial charge in [-0.2, -0.15) is 0 Å². The molecule has 92 valence electrons. The Balaban J connectivity index is 2.02. The smallest absolute Gasteiger partial charge is 0.322 e. The van der Waals surface area contributed by atoms with Crippen molar-refractivity contribution in [1.82, 2.24) is 4.90 Å². The van der Waals surface area contributed by atoms with Crippen molar-refractivity contribution in [2.75, 3.05) is 19.6 Å². The molecule has 1 fully saturated rings. The van der Waals surface area contributed by atoms with Crippen LogP contribution in [0.15, 0.2) is 30.3 Å². The van der Waals surface area contributed by atoms with Gasteiger partial charge in [0.1, 0.15) is 6.04 Å². The lowest BCUT2D eigenvalue weighted by Crippen LogP contribution is -2.44. The Labute approximate surface area is 101 Å². The van der Waals surface area contributed by atoms with Gasteiger partial charge in [-0.25, -0.2) is 0 Å². The van der Waals surface area contributed by atoms with E-state index in [-0.39, 0.29) is 6.54 Å². The van der Waals surface area contributed by atoms with Gasteiger partial charge < -0.3 is 10.8 Å². The van der Waals surface area contributed by atoms with Crippen molar-refractivity contribution in [3.63, 3.8) is 0 Å². The van der Waals surface area contributed by atoms with Gasteiger partial charge in [-0.1, -0.05) is 30.3 Å². The fourth-order valence-electron chi connectivity index (χ4n) is 2.47. The first kappa shape index (κ1) is 12.1. The molecule has 17 heavy (non-hydrogen) atoms. The molecule has 3 N–H and O–H groups in total. The molecule has 0 saturated carbocycles. The first-order valence-corrected chi connectivity index (χ1v) is 5.94. The summed E-state index contributed by atoms with van der Waals surface area (Å²) < 4.78 is 0. The number of benzene rings is 1. The summed E-state index contributed by atoms with van der Waals surface area (Å²) in [7, 11) is 0. The van der Waals surface area contributed by atoms with Gasteiger partial charge in [0, 0.05) is 13.1 Å². The maximum absolute atomic E-state index is 11.0. The van der Waals surface area contributed by atoms with Crippen molar-refractivity contribution in [3.8, 4) is 0 Å². The number of rotatable bonds is 4. The molecular weight excluding hydrogens is 216 g/mol. The van der Waals surface area contributed by atoms with Crippen LogP contribution >= 0.6 is 0 Å². The number of nitrogens with two attached hydrogens (primary N) is 1. The molecule has 1 aliphatic heterocycles. The molecule has 4 heteroatoms. The predicted molar refractivity (Wildman–Crippen MR) is 65.9 cm³/mol. The number of likely N-dealkylation sites (tertiary alicyclic amines) is 1. The summed E-state index contributed by atoms with van der Waals surface area (Å²) in [6, 6.07) is 9.71. The van der Waals surface area contributed by atoms with Gasteiger partial charge in [0.05, 0.1) is 0 Å². The quantitative estimate of drug-likeness (QED) is 0.812. The van der Waals surface area contributed by atoms with E-state index < -0.39 is 12.0 Å². The van der Waals surface area contributed by atoms with Crippen molar-refractivity contribution in [2.24, 2.45) is 5.73 Å². The average molecular weight is 234 g/mol. The van der Waals surface area contributed by atoms with Gasteiger partial charge in [-0.05, 0) is 24.4 Å². The Morgan fingerprint density at radius 2 is 2.18 bits per heavy atom. The van der Waals surface area contributed by atoms with Crippen molar-refractivity contribution in [1.29, 1.82) is 0 Å². The molecule has 4 nitrogen and oxygen atoms in total. The molecule has 0 radical (unpaired) electrons. The first-order valence-electron chi connectivity index (χ1n) is 5.94. The van der Waals surface area contributed by atoms with Crippen LogP contribution in [0, 0.1) is 0 Å². The maximum atomic E-state index is 11.0. The van der Waals surface area contributed by atoms with Crippen molar-refractivity contribution >= 4 is 5.97 Å². The lowest BCUT2D eigenvalue weighted by Gasteiger charge is -2.22. The maximum Gasteiger partial charge on any atom is 0.322 e. The molecule has 1 saturated heterocycles. The summed E-state index contributed by atoms with van der Waals surface area (Å²) in [6.45, 7) is 1.78. The van der Waals surface area contributed by atoms with E-state index in [1.165, 1.54) is 5.56 Å². The normalized spacial score (nSPS) is 22.5. The average Bonchev–Trinajstić information content (AvgIpc) is 2.80. The Kier molecular flexibility index (Phi) is 3.76. The second kappa shape index (κ2) is 5.29. The van der Waals surface area contributed by atoms with Gasteiger partial charge in [-0.15, -0.1) is 0 Å². The van der Waals surface area contributed by atoms with E-state index in [0.717, 1.165) is 19.5 Å². The van der Waals surface area contributed by atoms with Crippen molar-refractivity contribution in [3.05, 3.63) is 35.9 Å². The number of carboxylic acids is 1. The molecule has 2 unspecified atom stereocenters. The summed E-state index contributed by atoms with van der Waals surface area (Å²) in [4.78, 5) is 13.0. The van der Waals surface area contributed by atoms with E-state index in [1.54, 1.807) is 0 Å². The molecule has 0 aromatic heterocycles. The van der Waals surface area contributed by atoms with Crippen molar-refractivity contribution in [2.45, 2.75) is 18.4 Å². The number of hydrogen-bond donors (Lipinski definition) is 2. The summed E-state index contributed by atoms with van der Waals surface area (Å²) in [5.41, 5.74) is 6.80. The zero-order valence-corrected chi connectivity index (χ0v) is 9.75. The van der Waals surface area contributed by atoms with Gasteiger partial charge in [0.15, 0.2) is 0 Å². The summed E-state index contributed by atoms with van der Waals surface area (Å²) in [5.74, 6) is -0.384. The van der Waals surface area contributed by atoms with Crippen LogP contribution in [0.25, 0.3) is 0 Å². The van der Waals surface area contributed by atoms with Crippen LogP contribution in [0.3, 0.4) is 0 Å². The Morgan fingerprint density at radius 1 is 1.47 bits per heavy atom. The van der Waals surface area contributed by atoms with Gasteiger partial charge in [-0.3, -0.25) is 9.69 Å². The largest absolute Gasteiger partial charge is 0.480 e. The van der Waals surface area contributed by atoms with Crippen LogP contribution in [0.5, 0.6) is 0 Å². The highest BCUT2D eigenvalue weighted by atomic mass is 16.4. The number of carboxylic acid groups (broad SMARTS) is 1. The summed E-state index contributed by atoms with van der Waals surface area (Å²) in [6.07, 6.45) is 1.01. The SMILES string of the molecule is NCC(C(=O)O)N1CCC(c2ccccc2)C1. The molecule has 1 aromatic rings. The highest BCUT2D eigenvalue weighted by molar-refractivity contribution is 5.73. The molecule has 1 aromatic carbocycles. The van der Waals surface area contributed by atoms with Crippen LogP contribution in [-0.4, -0.2) is 41.7 Å². The lowest BCUT2D eigenvalue weighted by molar-refractivity contribution is -0.142. The molecule has 0 aliphatic carbocycles. The predicted octanol–water partition coefficient (Wildman–Crippen LogP) is 0.888. The summed E-state index contributed by atoms with van der Waals surface area (Å²) >= 11 is 0. The fraction of sp³-hybridized carbons (Fsp3) is 0.462. The number of hydrogen-bond acceptors (Lipinski definition) is 3. The molecule has 1 heterocycles. The van der Waals surface area contributed by atoms with Crippen LogP contribution in [0.1, 0.15) is 17.9 Å². The van der Waals surface area contributed by atoms with Crippen LogP contribution < -0.4 is 5.73 Å². The molecule has 2 rings (SSSR count). The fourth-order valence-corrected chi connectivity index (χ4v) is 2.47. The van der Waals surface area contributed by atoms with E-state index in [0.29, 0.717) is 5.92 Å². The zero-order chi connectivity index (χ0) is 12.3. The standard InChI is InChI=1S/C13H18N2O2/c14-8-12(13(16)17)15-7-6-11(9-15)10-4-2-1-3-5-10/h1-5,11-12H,6-9,14H2,(H,16,17). The van der Waals surface area contributed by atoms with E-state index in [4.69, 9.17) is 10.8 Å². The Morgan fingerprint density at radius 3 is 2.76 bits per heavy atom. The van der Waals surface area contributed by atoms with E-state index in [1.807, 2.05) is 23.1 Å². The molecule has 0 bridgehead atoms. The minimum atomic E-state index is -0.818. The van der Waals surface area contributed by atoms with Gasteiger partial charge in [0.2, 0.25) is 0 Å². The topological polar surface area (TPSA) is 66.6 Å². The molecule has 0 spiro atoms. The third kappa shape index (κ3) is 2.65. The zero-order valence-electron chi connectivity index (χ0n) is 9.75. The number of aliphatic carboxylic acids is 1. The lowest BCUT2D eigenvalue weighted by atomic mass is 9.99. The van der Waals surface area contributed by atoms with Crippen LogP contribution in [-0.2, 0) is 4.79 Å². The molecule has 1 aliphatic rings. The molecular formula is C13H18N2O2. The third-order valence-corrected chi connectivity index (χ3v) is 3.44. The molecule has 2 atom stereocenters. The monoisotopic (exact) mass is 234 g/mol. The third-order valence-electron chi connectivity index (χ3n) is 3.44. The number of nitrogens with zero attached hydrogens (tertiary/aromatic N) is 1. The Hall–Kier alpha value is -1.39. The minimum Gasteiger partial charge on any atom is -0.480 e. The number of carbonyl (C=O) groups is 1. The second-order valence-electron chi connectivity index (χ2n) is 4.48. The first-order chi connectivity index (χ1) is 8.22. The highest BCUT2D eigenvalue weighted by Gasteiger charge is 2.31. The van der Waals surface area contributed by atoms with Gasteiger partial charge >= 0.3 is 5.97 Å². The molecule has 0 amide bonds.